The first-order valence-electron chi connectivity index (χ1n) is 6.49. The molecule has 0 aliphatic rings. The summed E-state index contributed by atoms with van der Waals surface area (Å²) in [4.78, 5) is 0. The van der Waals surface area contributed by atoms with Crippen molar-refractivity contribution in [1.82, 2.24) is 0 Å². The summed E-state index contributed by atoms with van der Waals surface area (Å²) < 4.78 is 5.61. The largest absolute Gasteiger partial charge is 0.493 e. The van der Waals surface area contributed by atoms with Crippen LogP contribution in [0.1, 0.15) is 38.7 Å². The summed E-state index contributed by atoms with van der Waals surface area (Å²) in [6, 6.07) is 8.00. The minimum atomic E-state index is -0.241. The van der Waals surface area contributed by atoms with Gasteiger partial charge in [-0.3, -0.25) is 0 Å². The summed E-state index contributed by atoms with van der Waals surface area (Å²) in [5.74, 6) is 1.48. The van der Waals surface area contributed by atoms with E-state index in [1.807, 2.05) is 31.2 Å². The van der Waals surface area contributed by atoms with E-state index in [1.54, 1.807) is 0 Å². The normalized spacial score (nSPS) is 14.4. The summed E-state index contributed by atoms with van der Waals surface area (Å²) in [6.45, 7) is 6.96. The van der Waals surface area contributed by atoms with Crippen LogP contribution in [-0.2, 0) is 0 Å². The second-order valence-corrected chi connectivity index (χ2v) is 4.86. The first-order chi connectivity index (χ1) is 8.11. The molecule has 1 N–H and O–H groups in total. The van der Waals surface area contributed by atoms with Gasteiger partial charge in [-0.15, -0.1) is 0 Å². The molecule has 0 radical (unpaired) electrons. The molecule has 1 rings (SSSR count). The number of ether oxygens (including phenoxy) is 1. The number of benzene rings is 1. The Balaban J connectivity index is 2.23. The molecule has 0 amide bonds. The molecule has 0 bridgehead atoms. The van der Waals surface area contributed by atoms with E-state index in [4.69, 9.17) is 4.74 Å². The Morgan fingerprint density at radius 2 is 2.12 bits per heavy atom. The Bertz CT molecular complexity index is 322. The fourth-order valence-electron chi connectivity index (χ4n) is 1.77. The highest BCUT2D eigenvalue weighted by Crippen LogP contribution is 2.15. The predicted molar refractivity (Wildman–Crippen MR) is 71.4 cm³/mol. The number of hydrogen-bond donors (Lipinski definition) is 1. The molecule has 0 saturated heterocycles. The van der Waals surface area contributed by atoms with E-state index in [2.05, 4.69) is 13.8 Å². The standard InChI is InChI=1S/C15H24O2/c1-4-12(2)10-14(16)8-9-17-15-7-5-6-13(3)11-15/h5-7,11-12,14,16H,4,8-10H2,1-3H3. The first kappa shape index (κ1) is 14.0. The second kappa shape index (κ2) is 7.33. The minimum absolute atomic E-state index is 0.241. The van der Waals surface area contributed by atoms with Crippen LogP contribution in [0, 0.1) is 12.8 Å². The third-order valence-corrected chi connectivity index (χ3v) is 3.08. The molecule has 96 valence electrons. The average Bonchev–Trinajstić information content (AvgIpc) is 2.29. The smallest absolute Gasteiger partial charge is 0.119 e. The maximum Gasteiger partial charge on any atom is 0.119 e. The summed E-state index contributed by atoms with van der Waals surface area (Å²) in [5.41, 5.74) is 1.20. The van der Waals surface area contributed by atoms with Crippen molar-refractivity contribution in [2.75, 3.05) is 6.61 Å². The van der Waals surface area contributed by atoms with Gasteiger partial charge in [0.15, 0.2) is 0 Å². The van der Waals surface area contributed by atoms with Crippen molar-refractivity contribution in [3.63, 3.8) is 0 Å². The highest BCUT2D eigenvalue weighted by molar-refractivity contribution is 5.27. The van der Waals surface area contributed by atoms with Crippen LogP contribution in [0.5, 0.6) is 5.75 Å². The molecule has 1 aromatic carbocycles. The van der Waals surface area contributed by atoms with Crippen LogP contribution in [0.3, 0.4) is 0 Å². The van der Waals surface area contributed by atoms with Gasteiger partial charge in [-0.2, -0.15) is 0 Å². The molecule has 0 spiro atoms. The second-order valence-electron chi connectivity index (χ2n) is 4.86. The Morgan fingerprint density at radius 1 is 1.35 bits per heavy atom. The van der Waals surface area contributed by atoms with Crippen molar-refractivity contribution in [3.8, 4) is 5.75 Å². The Kier molecular flexibility index (Phi) is 6.06. The van der Waals surface area contributed by atoms with Crippen molar-refractivity contribution >= 4 is 0 Å². The summed E-state index contributed by atoms with van der Waals surface area (Å²) in [5, 5.41) is 9.80. The fraction of sp³-hybridized carbons (Fsp3) is 0.600. The maximum atomic E-state index is 9.80. The molecule has 1 aromatic rings. The van der Waals surface area contributed by atoms with E-state index >= 15 is 0 Å². The van der Waals surface area contributed by atoms with E-state index in [0.717, 1.165) is 18.6 Å². The highest BCUT2D eigenvalue weighted by atomic mass is 16.5. The molecule has 0 aromatic heterocycles. The summed E-state index contributed by atoms with van der Waals surface area (Å²) in [6.07, 6.45) is 2.46. The van der Waals surface area contributed by atoms with Crippen molar-refractivity contribution in [1.29, 1.82) is 0 Å². The van der Waals surface area contributed by atoms with E-state index < -0.39 is 0 Å². The molecule has 0 saturated carbocycles. The average molecular weight is 236 g/mol. The van der Waals surface area contributed by atoms with E-state index in [9.17, 15) is 5.11 Å². The van der Waals surface area contributed by atoms with Gasteiger partial charge < -0.3 is 9.84 Å². The van der Waals surface area contributed by atoms with Crippen molar-refractivity contribution in [2.24, 2.45) is 5.92 Å². The van der Waals surface area contributed by atoms with Gasteiger partial charge in [-0.25, -0.2) is 0 Å². The van der Waals surface area contributed by atoms with Crippen LogP contribution in [0.4, 0.5) is 0 Å². The van der Waals surface area contributed by atoms with Crippen molar-refractivity contribution in [3.05, 3.63) is 29.8 Å². The molecule has 0 heterocycles. The lowest BCUT2D eigenvalue weighted by atomic mass is 10.00. The number of hydrogen-bond acceptors (Lipinski definition) is 2. The van der Waals surface area contributed by atoms with Crippen molar-refractivity contribution < 1.29 is 9.84 Å². The predicted octanol–water partition coefficient (Wildman–Crippen LogP) is 3.56. The van der Waals surface area contributed by atoms with E-state index in [0.29, 0.717) is 18.9 Å². The number of aryl methyl sites for hydroxylation is 1. The van der Waals surface area contributed by atoms with Gasteiger partial charge in [0.2, 0.25) is 0 Å². The zero-order valence-electron chi connectivity index (χ0n) is 11.1. The molecule has 17 heavy (non-hydrogen) atoms. The molecule has 2 unspecified atom stereocenters. The van der Waals surface area contributed by atoms with Crippen LogP contribution in [-0.4, -0.2) is 17.8 Å². The van der Waals surface area contributed by atoms with Crippen molar-refractivity contribution in [2.45, 2.75) is 46.1 Å². The summed E-state index contributed by atoms with van der Waals surface area (Å²) >= 11 is 0. The zero-order valence-corrected chi connectivity index (χ0v) is 11.1. The molecule has 0 aliphatic heterocycles. The number of aliphatic hydroxyl groups excluding tert-OH is 1. The molecule has 2 nitrogen and oxygen atoms in total. The van der Waals surface area contributed by atoms with E-state index in [-0.39, 0.29) is 6.10 Å². The lowest BCUT2D eigenvalue weighted by Gasteiger charge is -2.15. The summed E-state index contributed by atoms with van der Waals surface area (Å²) in [7, 11) is 0. The molecule has 0 fully saturated rings. The van der Waals surface area contributed by atoms with Gasteiger partial charge in [-0.05, 0) is 37.0 Å². The Hall–Kier alpha value is -1.02. The van der Waals surface area contributed by atoms with Gasteiger partial charge in [0.05, 0.1) is 12.7 Å². The lowest BCUT2D eigenvalue weighted by molar-refractivity contribution is 0.115. The quantitative estimate of drug-likeness (QED) is 0.784. The first-order valence-corrected chi connectivity index (χ1v) is 6.49. The SMILES string of the molecule is CCC(C)CC(O)CCOc1cccc(C)c1. The molecule has 2 heteroatoms. The van der Waals surface area contributed by atoms with Crippen LogP contribution in [0.2, 0.25) is 0 Å². The van der Waals surface area contributed by atoms with Crippen LogP contribution < -0.4 is 4.74 Å². The molecule has 0 aliphatic carbocycles. The number of rotatable bonds is 7. The van der Waals surface area contributed by atoms with Crippen LogP contribution >= 0.6 is 0 Å². The van der Waals surface area contributed by atoms with Gasteiger partial charge in [0.1, 0.15) is 5.75 Å². The molecular weight excluding hydrogens is 212 g/mol. The molecule has 2 atom stereocenters. The maximum absolute atomic E-state index is 9.80. The van der Waals surface area contributed by atoms with Gasteiger partial charge in [0.25, 0.3) is 0 Å². The fourth-order valence-corrected chi connectivity index (χ4v) is 1.77. The Labute approximate surface area is 105 Å². The van der Waals surface area contributed by atoms with E-state index in [1.165, 1.54) is 5.56 Å². The van der Waals surface area contributed by atoms with Gasteiger partial charge in [-0.1, -0.05) is 32.4 Å². The van der Waals surface area contributed by atoms with Crippen LogP contribution in [0.25, 0.3) is 0 Å². The van der Waals surface area contributed by atoms with Gasteiger partial charge in [0, 0.05) is 6.42 Å². The lowest BCUT2D eigenvalue weighted by Crippen LogP contribution is -2.15. The van der Waals surface area contributed by atoms with Crippen LogP contribution in [0.15, 0.2) is 24.3 Å². The highest BCUT2D eigenvalue weighted by Gasteiger charge is 2.08. The topological polar surface area (TPSA) is 29.5 Å². The molecular formula is C15H24O2. The third-order valence-electron chi connectivity index (χ3n) is 3.08. The zero-order chi connectivity index (χ0) is 12.7. The third kappa shape index (κ3) is 5.73. The number of aliphatic hydroxyl groups is 1. The Morgan fingerprint density at radius 3 is 2.76 bits per heavy atom. The van der Waals surface area contributed by atoms with Gasteiger partial charge >= 0.3 is 0 Å². The monoisotopic (exact) mass is 236 g/mol. The minimum Gasteiger partial charge on any atom is -0.493 e.